The maximum atomic E-state index is 11.7. The van der Waals surface area contributed by atoms with Crippen LogP contribution in [0.15, 0.2) is 6.33 Å². The van der Waals surface area contributed by atoms with Crippen molar-refractivity contribution in [2.45, 2.75) is 45.6 Å². The SMILES string of the molecule is CCn1ncnc1CC1CCCCC1=O. The Morgan fingerprint density at radius 3 is 3.13 bits per heavy atom. The molecule has 0 bridgehead atoms. The van der Waals surface area contributed by atoms with Gasteiger partial charge in [0, 0.05) is 25.3 Å². The third kappa shape index (κ3) is 2.25. The Balaban J connectivity index is 2.04. The summed E-state index contributed by atoms with van der Waals surface area (Å²) in [5, 5.41) is 4.12. The monoisotopic (exact) mass is 207 g/mol. The van der Waals surface area contributed by atoms with E-state index in [1.165, 1.54) is 6.42 Å². The summed E-state index contributed by atoms with van der Waals surface area (Å²) in [5.41, 5.74) is 0. The Bertz CT molecular complexity index is 345. The van der Waals surface area contributed by atoms with E-state index in [0.717, 1.165) is 38.1 Å². The van der Waals surface area contributed by atoms with Gasteiger partial charge in [0.05, 0.1) is 0 Å². The summed E-state index contributed by atoms with van der Waals surface area (Å²) in [5.74, 6) is 1.55. The van der Waals surface area contributed by atoms with Gasteiger partial charge >= 0.3 is 0 Å². The molecule has 0 spiro atoms. The van der Waals surface area contributed by atoms with E-state index >= 15 is 0 Å². The van der Waals surface area contributed by atoms with Gasteiger partial charge in [0.2, 0.25) is 0 Å². The van der Waals surface area contributed by atoms with Crippen molar-refractivity contribution in [1.82, 2.24) is 14.8 Å². The zero-order valence-electron chi connectivity index (χ0n) is 9.15. The van der Waals surface area contributed by atoms with Crippen LogP contribution in [0.2, 0.25) is 0 Å². The number of Topliss-reactive ketones (excluding diaryl/α,β-unsaturated/α-hetero) is 1. The van der Waals surface area contributed by atoms with E-state index in [-0.39, 0.29) is 5.92 Å². The molecule has 1 heterocycles. The fourth-order valence-electron chi connectivity index (χ4n) is 2.20. The molecule has 2 rings (SSSR count). The third-order valence-corrected chi connectivity index (χ3v) is 3.11. The molecule has 4 heteroatoms. The Labute approximate surface area is 89.7 Å². The fraction of sp³-hybridized carbons (Fsp3) is 0.727. The number of carbonyl (C=O) groups excluding carboxylic acids is 1. The molecule has 15 heavy (non-hydrogen) atoms. The molecule has 0 saturated heterocycles. The first-order chi connectivity index (χ1) is 7.31. The molecule has 0 amide bonds. The van der Waals surface area contributed by atoms with Crippen LogP contribution in [0.5, 0.6) is 0 Å². The second-order valence-corrected chi connectivity index (χ2v) is 4.11. The molecule has 0 aromatic carbocycles. The smallest absolute Gasteiger partial charge is 0.138 e. The third-order valence-electron chi connectivity index (χ3n) is 3.11. The lowest BCUT2D eigenvalue weighted by Crippen LogP contribution is -2.22. The molecule has 0 aliphatic heterocycles. The summed E-state index contributed by atoms with van der Waals surface area (Å²) >= 11 is 0. The van der Waals surface area contributed by atoms with Gasteiger partial charge in [-0.1, -0.05) is 6.42 Å². The first kappa shape index (κ1) is 10.3. The van der Waals surface area contributed by atoms with Crippen LogP contribution < -0.4 is 0 Å². The standard InChI is InChI=1S/C11H17N3O/c1-2-14-11(12-8-13-14)7-9-5-3-4-6-10(9)15/h8-9H,2-7H2,1H3. The number of aryl methyl sites for hydroxylation is 1. The Kier molecular flexibility index (Phi) is 3.14. The molecule has 1 aromatic heterocycles. The maximum absolute atomic E-state index is 11.7. The molecule has 1 unspecified atom stereocenters. The molecule has 1 aliphatic carbocycles. The number of hydrogen-bond donors (Lipinski definition) is 0. The average molecular weight is 207 g/mol. The Hall–Kier alpha value is -1.19. The van der Waals surface area contributed by atoms with Crippen LogP contribution in [-0.2, 0) is 17.8 Å². The number of carbonyl (C=O) groups is 1. The minimum atomic E-state index is 0.188. The average Bonchev–Trinajstić information content (AvgIpc) is 2.69. The highest BCUT2D eigenvalue weighted by Crippen LogP contribution is 2.23. The van der Waals surface area contributed by atoms with Crippen molar-refractivity contribution in [3.05, 3.63) is 12.2 Å². The minimum Gasteiger partial charge on any atom is -0.299 e. The van der Waals surface area contributed by atoms with E-state index in [1.807, 2.05) is 11.6 Å². The zero-order chi connectivity index (χ0) is 10.7. The van der Waals surface area contributed by atoms with Crippen LogP contribution >= 0.6 is 0 Å². The van der Waals surface area contributed by atoms with Crippen molar-refractivity contribution in [3.8, 4) is 0 Å². The first-order valence-electron chi connectivity index (χ1n) is 5.70. The first-order valence-corrected chi connectivity index (χ1v) is 5.70. The second-order valence-electron chi connectivity index (χ2n) is 4.11. The van der Waals surface area contributed by atoms with E-state index in [9.17, 15) is 4.79 Å². The quantitative estimate of drug-likeness (QED) is 0.756. The molecule has 0 radical (unpaired) electrons. The van der Waals surface area contributed by atoms with Crippen molar-refractivity contribution < 1.29 is 4.79 Å². The predicted octanol–water partition coefficient (Wildman–Crippen LogP) is 1.60. The van der Waals surface area contributed by atoms with Gasteiger partial charge in [0.1, 0.15) is 17.9 Å². The molecule has 0 N–H and O–H groups in total. The van der Waals surface area contributed by atoms with Crippen molar-refractivity contribution in [2.75, 3.05) is 0 Å². The van der Waals surface area contributed by atoms with Gasteiger partial charge in [-0.3, -0.25) is 9.48 Å². The highest BCUT2D eigenvalue weighted by Gasteiger charge is 2.23. The minimum absolute atomic E-state index is 0.188. The molecule has 4 nitrogen and oxygen atoms in total. The summed E-state index contributed by atoms with van der Waals surface area (Å²) in [6, 6.07) is 0. The summed E-state index contributed by atoms with van der Waals surface area (Å²) < 4.78 is 1.88. The lowest BCUT2D eigenvalue weighted by Gasteiger charge is -2.19. The second kappa shape index (κ2) is 4.55. The van der Waals surface area contributed by atoms with Crippen LogP contribution in [0.25, 0.3) is 0 Å². The highest BCUT2D eigenvalue weighted by atomic mass is 16.1. The molecular formula is C11H17N3O. The molecule has 1 saturated carbocycles. The molecule has 1 aromatic rings. The van der Waals surface area contributed by atoms with Gasteiger partial charge in [-0.05, 0) is 19.8 Å². The fourth-order valence-corrected chi connectivity index (χ4v) is 2.20. The largest absolute Gasteiger partial charge is 0.299 e. The van der Waals surface area contributed by atoms with Gasteiger partial charge in [-0.2, -0.15) is 5.10 Å². The van der Waals surface area contributed by atoms with Crippen LogP contribution in [0, 0.1) is 5.92 Å². The van der Waals surface area contributed by atoms with Gasteiger partial charge in [-0.25, -0.2) is 4.98 Å². The zero-order valence-corrected chi connectivity index (χ0v) is 9.15. The number of rotatable bonds is 3. The van der Waals surface area contributed by atoms with E-state index in [4.69, 9.17) is 0 Å². The van der Waals surface area contributed by atoms with Crippen LogP contribution in [-0.4, -0.2) is 20.5 Å². The van der Waals surface area contributed by atoms with Crippen LogP contribution in [0.1, 0.15) is 38.4 Å². The lowest BCUT2D eigenvalue weighted by atomic mass is 9.85. The molecule has 82 valence electrons. The summed E-state index contributed by atoms with van der Waals surface area (Å²) in [6.07, 6.45) is 6.37. The van der Waals surface area contributed by atoms with Crippen LogP contribution in [0.4, 0.5) is 0 Å². The van der Waals surface area contributed by atoms with Crippen LogP contribution in [0.3, 0.4) is 0 Å². The van der Waals surface area contributed by atoms with E-state index in [2.05, 4.69) is 10.1 Å². The molecule has 1 fully saturated rings. The van der Waals surface area contributed by atoms with Gasteiger partial charge in [0.15, 0.2) is 0 Å². The topological polar surface area (TPSA) is 47.8 Å². The van der Waals surface area contributed by atoms with Crippen molar-refractivity contribution >= 4 is 5.78 Å². The molecule has 1 aliphatic rings. The summed E-state index contributed by atoms with van der Waals surface area (Å²) in [6.45, 7) is 2.87. The number of aromatic nitrogens is 3. The van der Waals surface area contributed by atoms with Gasteiger partial charge in [0.25, 0.3) is 0 Å². The molecule has 1 atom stereocenters. The number of nitrogens with zero attached hydrogens (tertiary/aromatic N) is 3. The summed E-state index contributed by atoms with van der Waals surface area (Å²) in [4.78, 5) is 15.9. The van der Waals surface area contributed by atoms with Gasteiger partial charge < -0.3 is 0 Å². The molecular weight excluding hydrogens is 190 g/mol. The maximum Gasteiger partial charge on any atom is 0.138 e. The Morgan fingerprint density at radius 2 is 2.40 bits per heavy atom. The van der Waals surface area contributed by atoms with E-state index < -0.39 is 0 Å². The van der Waals surface area contributed by atoms with Crippen molar-refractivity contribution in [2.24, 2.45) is 5.92 Å². The normalized spacial score (nSPS) is 21.9. The lowest BCUT2D eigenvalue weighted by molar-refractivity contribution is -0.124. The Morgan fingerprint density at radius 1 is 1.53 bits per heavy atom. The summed E-state index contributed by atoms with van der Waals surface area (Å²) in [7, 11) is 0. The number of hydrogen-bond acceptors (Lipinski definition) is 3. The van der Waals surface area contributed by atoms with E-state index in [1.54, 1.807) is 6.33 Å². The predicted molar refractivity (Wildman–Crippen MR) is 56.4 cm³/mol. The van der Waals surface area contributed by atoms with Crippen molar-refractivity contribution in [3.63, 3.8) is 0 Å². The van der Waals surface area contributed by atoms with Crippen molar-refractivity contribution in [1.29, 1.82) is 0 Å². The van der Waals surface area contributed by atoms with E-state index in [0.29, 0.717) is 5.78 Å². The number of ketones is 1. The highest BCUT2D eigenvalue weighted by molar-refractivity contribution is 5.81. The van der Waals surface area contributed by atoms with Gasteiger partial charge in [-0.15, -0.1) is 0 Å².